The van der Waals surface area contributed by atoms with Gasteiger partial charge < -0.3 is 9.67 Å². The summed E-state index contributed by atoms with van der Waals surface area (Å²) < 4.78 is 1.99. The first kappa shape index (κ1) is 16.0. The molecule has 0 bridgehead atoms. The van der Waals surface area contributed by atoms with Gasteiger partial charge in [-0.15, -0.1) is 0 Å². The first-order valence-corrected chi connectivity index (χ1v) is 8.64. The molecule has 1 N–H and O–H groups in total. The van der Waals surface area contributed by atoms with Crippen molar-refractivity contribution in [2.75, 3.05) is 13.1 Å². The Hall–Kier alpha value is -2.50. The molecule has 3 heterocycles. The normalized spacial score (nSPS) is 20.8. The number of likely N-dealkylation sites (tertiary alicyclic amines) is 1. The van der Waals surface area contributed by atoms with Crippen LogP contribution in [0.15, 0.2) is 67.5 Å². The molecule has 1 fully saturated rings. The summed E-state index contributed by atoms with van der Waals surface area (Å²) in [7, 11) is 0. The van der Waals surface area contributed by atoms with Gasteiger partial charge in [-0.25, -0.2) is 4.98 Å². The lowest BCUT2D eigenvalue weighted by Gasteiger charge is -2.16. The van der Waals surface area contributed by atoms with Crippen molar-refractivity contribution in [3.63, 3.8) is 0 Å². The number of aliphatic hydroxyl groups excluding tert-OH is 1. The summed E-state index contributed by atoms with van der Waals surface area (Å²) in [5, 5.41) is 10.4. The van der Waals surface area contributed by atoms with Crippen molar-refractivity contribution >= 4 is 0 Å². The minimum absolute atomic E-state index is 0.265. The summed E-state index contributed by atoms with van der Waals surface area (Å²) in [5.74, 6) is 0.285. The molecule has 1 aromatic carbocycles. The number of hydrogen-bond acceptors (Lipinski definition) is 4. The van der Waals surface area contributed by atoms with Gasteiger partial charge in [-0.1, -0.05) is 12.1 Å². The zero-order valence-corrected chi connectivity index (χ0v) is 14.1. The summed E-state index contributed by atoms with van der Waals surface area (Å²) >= 11 is 0. The summed E-state index contributed by atoms with van der Waals surface area (Å²) in [4.78, 5) is 10.5. The van der Waals surface area contributed by atoms with E-state index >= 15 is 0 Å². The van der Waals surface area contributed by atoms with E-state index in [4.69, 9.17) is 0 Å². The second-order valence-corrected chi connectivity index (χ2v) is 6.72. The summed E-state index contributed by atoms with van der Waals surface area (Å²) in [6.45, 7) is 2.53. The van der Waals surface area contributed by atoms with E-state index in [1.165, 1.54) is 11.1 Å². The second kappa shape index (κ2) is 7.17. The predicted molar refractivity (Wildman–Crippen MR) is 96.3 cm³/mol. The highest BCUT2D eigenvalue weighted by atomic mass is 16.3. The van der Waals surface area contributed by atoms with Crippen molar-refractivity contribution in [2.24, 2.45) is 5.92 Å². The van der Waals surface area contributed by atoms with Crippen LogP contribution in [0.25, 0.3) is 5.69 Å². The average molecular weight is 334 g/mol. The van der Waals surface area contributed by atoms with Crippen LogP contribution in [0.1, 0.15) is 11.1 Å². The molecule has 2 atom stereocenters. The fourth-order valence-electron chi connectivity index (χ4n) is 3.54. The molecule has 0 radical (unpaired) electrons. The SMILES string of the molecule is O[C@@H]1CN(Cc2ccc(-n3ccnc3)cc2)C[C@H]1Cc1ccncc1. The molecule has 5 heteroatoms. The van der Waals surface area contributed by atoms with Gasteiger partial charge in [0.1, 0.15) is 0 Å². The molecular weight excluding hydrogens is 312 g/mol. The molecule has 1 saturated heterocycles. The second-order valence-electron chi connectivity index (χ2n) is 6.72. The molecule has 128 valence electrons. The van der Waals surface area contributed by atoms with Crippen LogP contribution in [-0.2, 0) is 13.0 Å². The molecular formula is C20H22N4O. The molecule has 0 saturated carbocycles. The maximum atomic E-state index is 10.4. The van der Waals surface area contributed by atoms with E-state index < -0.39 is 0 Å². The fraction of sp³-hybridized carbons (Fsp3) is 0.300. The molecule has 0 unspecified atom stereocenters. The quantitative estimate of drug-likeness (QED) is 0.778. The van der Waals surface area contributed by atoms with E-state index in [1.807, 2.05) is 35.3 Å². The summed E-state index contributed by atoms with van der Waals surface area (Å²) in [5.41, 5.74) is 3.62. The molecule has 1 aliphatic heterocycles. The molecule has 25 heavy (non-hydrogen) atoms. The van der Waals surface area contributed by atoms with Gasteiger partial charge in [0, 0.05) is 56.0 Å². The van der Waals surface area contributed by atoms with E-state index in [9.17, 15) is 5.11 Å². The van der Waals surface area contributed by atoms with E-state index in [-0.39, 0.29) is 12.0 Å². The van der Waals surface area contributed by atoms with Crippen molar-refractivity contribution in [3.8, 4) is 5.69 Å². The molecule has 0 spiro atoms. The van der Waals surface area contributed by atoms with Crippen molar-refractivity contribution in [1.82, 2.24) is 19.4 Å². The number of aromatic nitrogens is 3. The zero-order chi connectivity index (χ0) is 17.1. The van der Waals surface area contributed by atoms with Gasteiger partial charge in [-0.3, -0.25) is 9.88 Å². The lowest BCUT2D eigenvalue weighted by Crippen LogP contribution is -2.21. The van der Waals surface area contributed by atoms with Crippen LogP contribution < -0.4 is 0 Å². The highest BCUT2D eigenvalue weighted by molar-refractivity contribution is 5.34. The fourth-order valence-corrected chi connectivity index (χ4v) is 3.54. The number of β-amino-alcohol motifs (C(OH)–C–C–N with tert-alkyl or cyclic N) is 1. The lowest BCUT2D eigenvalue weighted by molar-refractivity contribution is 0.141. The number of aliphatic hydroxyl groups is 1. The van der Waals surface area contributed by atoms with Crippen LogP contribution in [0.5, 0.6) is 0 Å². The molecule has 3 aromatic rings. The zero-order valence-electron chi connectivity index (χ0n) is 14.1. The molecule has 0 amide bonds. The van der Waals surface area contributed by atoms with Crippen molar-refractivity contribution in [1.29, 1.82) is 0 Å². The molecule has 4 rings (SSSR count). The topological polar surface area (TPSA) is 54.2 Å². The Morgan fingerprint density at radius 1 is 0.920 bits per heavy atom. The van der Waals surface area contributed by atoms with Crippen LogP contribution in [0.3, 0.4) is 0 Å². The predicted octanol–water partition coefficient (Wildman–Crippen LogP) is 2.30. The van der Waals surface area contributed by atoms with E-state index in [0.717, 1.165) is 31.7 Å². The Kier molecular flexibility index (Phi) is 4.59. The smallest absolute Gasteiger partial charge is 0.0991 e. The molecule has 1 aliphatic rings. The van der Waals surface area contributed by atoms with Gasteiger partial charge in [0.05, 0.1) is 12.4 Å². The highest BCUT2D eigenvalue weighted by Gasteiger charge is 2.31. The molecule has 2 aromatic heterocycles. The van der Waals surface area contributed by atoms with Gasteiger partial charge in [0.15, 0.2) is 0 Å². The summed E-state index contributed by atoms with van der Waals surface area (Å²) in [6.07, 6.45) is 9.79. The Morgan fingerprint density at radius 3 is 2.44 bits per heavy atom. The largest absolute Gasteiger partial charge is 0.391 e. The van der Waals surface area contributed by atoms with Crippen LogP contribution >= 0.6 is 0 Å². The minimum Gasteiger partial charge on any atom is -0.391 e. The Balaban J connectivity index is 1.37. The van der Waals surface area contributed by atoms with Gasteiger partial charge in [-0.05, 0) is 41.8 Å². The minimum atomic E-state index is -0.265. The highest BCUT2D eigenvalue weighted by Crippen LogP contribution is 2.23. The van der Waals surface area contributed by atoms with E-state index in [2.05, 4.69) is 39.1 Å². The number of rotatable bonds is 5. The third-order valence-corrected chi connectivity index (χ3v) is 4.87. The molecule has 0 aliphatic carbocycles. The first-order chi connectivity index (χ1) is 12.3. The Labute approximate surface area is 147 Å². The van der Waals surface area contributed by atoms with Gasteiger partial charge in [0.2, 0.25) is 0 Å². The monoisotopic (exact) mass is 334 g/mol. The molecule has 5 nitrogen and oxygen atoms in total. The maximum absolute atomic E-state index is 10.4. The van der Waals surface area contributed by atoms with E-state index in [1.54, 1.807) is 12.5 Å². The van der Waals surface area contributed by atoms with Crippen molar-refractivity contribution < 1.29 is 5.11 Å². The number of nitrogens with zero attached hydrogens (tertiary/aromatic N) is 4. The number of imidazole rings is 1. The van der Waals surface area contributed by atoms with E-state index in [0.29, 0.717) is 0 Å². The number of benzene rings is 1. The van der Waals surface area contributed by atoms with Gasteiger partial charge in [-0.2, -0.15) is 0 Å². The third kappa shape index (κ3) is 3.78. The maximum Gasteiger partial charge on any atom is 0.0991 e. The lowest BCUT2D eigenvalue weighted by atomic mass is 9.97. The first-order valence-electron chi connectivity index (χ1n) is 8.64. The van der Waals surface area contributed by atoms with Crippen molar-refractivity contribution in [2.45, 2.75) is 19.1 Å². The van der Waals surface area contributed by atoms with Gasteiger partial charge in [0.25, 0.3) is 0 Å². The summed E-state index contributed by atoms with van der Waals surface area (Å²) in [6, 6.07) is 12.6. The number of pyridine rings is 1. The van der Waals surface area contributed by atoms with Gasteiger partial charge >= 0.3 is 0 Å². The average Bonchev–Trinajstić information content (AvgIpc) is 3.27. The van der Waals surface area contributed by atoms with Crippen LogP contribution in [0, 0.1) is 5.92 Å². The third-order valence-electron chi connectivity index (χ3n) is 4.87. The van der Waals surface area contributed by atoms with Crippen LogP contribution in [0.2, 0.25) is 0 Å². The standard InChI is InChI=1S/C20H22N4O/c25-20-14-23(13-18(20)11-16-5-7-21-8-6-16)12-17-1-3-19(4-2-17)24-10-9-22-15-24/h1-10,15,18,20,25H,11-14H2/t18-,20-/m1/s1. The number of hydrogen-bond donors (Lipinski definition) is 1. The Morgan fingerprint density at radius 2 is 1.72 bits per heavy atom. The Bertz CT molecular complexity index is 786. The van der Waals surface area contributed by atoms with Crippen LogP contribution in [-0.4, -0.2) is 43.7 Å². The van der Waals surface area contributed by atoms with Crippen molar-refractivity contribution in [3.05, 3.63) is 78.6 Å². The van der Waals surface area contributed by atoms with Crippen LogP contribution in [0.4, 0.5) is 0 Å².